The Morgan fingerprint density at radius 2 is 1.95 bits per heavy atom. The molecular weight excluding hydrogens is 268 g/mol. The van der Waals surface area contributed by atoms with E-state index in [4.69, 9.17) is 0 Å². The second-order valence-corrected chi connectivity index (χ2v) is 5.68. The molecule has 4 nitrogen and oxygen atoms in total. The zero-order valence-electron chi connectivity index (χ0n) is 13.1. The lowest BCUT2D eigenvalue weighted by Crippen LogP contribution is -2.35. The smallest absolute Gasteiger partial charge is 0.169 e. The van der Waals surface area contributed by atoms with Gasteiger partial charge in [-0.05, 0) is 31.1 Å². The third-order valence-electron chi connectivity index (χ3n) is 3.65. The highest BCUT2D eigenvalue weighted by Crippen LogP contribution is 2.25. The van der Waals surface area contributed by atoms with Crippen LogP contribution < -0.4 is 4.90 Å². The molecule has 0 aromatic carbocycles. The molecule has 1 atom stereocenters. The van der Waals surface area contributed by atoms with Crippen molar-refractivity contribution in [1.29, 1.82) is 5.26 Å². The lowest BCUT2D eigenvalue weighted by atomic mass is 10.0. The number of nitrogens with zero attached hydrogens (tertiary/aromatic N) is 4. The minimum Gasteiger partial charge on any atom is -0.353 e. The summed E-state index contributed by atoms with van der Waals surface area (Å²) in [5.41, 5.74) is 2.69. The molecule has 1 heterocycles. The van der Waals surface area contributed by atoms with E-state index >= 15 is 0 Å². The van der Waals surface area contributed by atoms with E-state index < -0.39 is 0 Å². The number of thioether (sulfide) groups is 1. The van der Waals surface area contributed by atoms with Crippen molar-refractivity contribution in [3.05, 3.63) is 16.8 Å². The highest BCUT2D eigenvalue weighted by atomic mass is 32.2. The van der Waals surface area contributed by atoms with E-state index in [0.29, 0.717) is 11.6 Å². The highest BCUT2D eigenvalue weighted by Gasteiger charge is 2.21. The van der Waals surface area contributed by atoms with Crippen molar-refractivity contribution >= 4 is 17.6 Å². The summed E-state index contributed by atoms with van der Waals surface area (Å²) in [5, 5.41) is 18.2. The topological polar surface area (TPSA) is 52.8 Å². The Bertz CT molecular complexity index is 481. The average Bonchev–Trinajstić information content (AvgIpc) is 2.49. The first-order valence-electron chi connectivity index (χ1n) is 7.14. The zero-order chi connectivity index (χ0) is 15.1. The van der Waals surface area contributed by atoms with E-state index in [2.05, 4.69) is 48.2 Å². The van der Waals surface area contributed by atoms with Crippen molar-refractivity contribution < 1.29 is 0 Å². The summed E-state index contributed by atoms with van der Waals surface area (Å²) < 4.78 is 0. The van der Waals surface area contributed by atoms with Gasteiger partial charge in [-0.3, -0.25) is 0 Å². The minimum atomic E-state index is 0.378. The summed E-state index contributed by atoms with van der Waals surface area (Å²) in [6, 6.07) is 2.72. The van der Waals surface area contributed by atoms with Gasteiger partial charge in [0, 0.05) is 18.8 Å². The van der Waals surface area contributed by atoms with Crippen molar-refractivity contribution in [3.63, 3.8) is 0 Å². The van der Waals surface area contributed by atoms with E-state index in [1.54, 1.807) is 0 Å². The van der Waals surface area contributed by atoms with Gasteiger partial charge in [0.05, 0.1) is 5.69 Å². The van der Waals surface area contributed by atoms with E-state index in [9.17, 15) is 5.26 Å². The van der Waals surface area contributed by atoms with Crippen LogP contribution in [0.1, 0.15) is 44.0 Å². The number of hydrogen-bond acceptors (Lipinski definition) is 5. The van der Waals surface area contributed by atoms with Crippen LogP contribution in [0.25, 0.3) is 0 Å². The van der Waals surface area contributed by atoms with E-state index in [1.807, 2.05) is 18.8 Å². The molecule has 0 fully saturated rings. The standard InChI is InChI=1S/C15H24N4S/c1-6-11(10-20-5)19(4)15-13(9-16)12(7-2)14(8-3)17-18-15/h11H,6-8,10H2,1-5H3. The second-order valence-electron chi connectivity index (χ2n) is 4.77. The van der Waals surface area contributed by atoms with Crippen LogP contribution in [0.4, 0.5) is 5.82 Å². The van der Waals surface area contributed by atoms with Gasteiger partial charge in [-0.1, -0.05) is 20.8 Å². The van der Waals surface area contributed by atoms with Gasteiger partial charge >= 0.3 is 0 Å². The maximum atomic E-state index is 9.53. The number of nitriles is 1. The molecule has 0 saturated carbocycles. The molecule has 0 spiro atoms. The van der Waals surface area contributed by atoms with Gasteiger partial charge in [-0.15, -0.1) is 5.10 Å². The first-order valence-corrected chi connectivity index (χ1v) is 8.54. The SMILES string of the molecule is CCc1nnc(N(C)C(CC)CSC)c(C#N)c1CC. The lowest BCUT2D eigenvalue weighted by Gasteiger charge is -2.28. The highest BCUT2D eigenvalue weighted by molar-refractivity contribution is 7.98. The van der Waals surface area contributed by atoms with E-state index in [1.165, 1.54) is 0 Å². The Balaban J connectivity index is 3.28. The molecule has 0 aliphatic heterocycles. The molecule has 20 heavy (non-hydrogen) atoms. The van der Waals surface area contributed by atoms with Gasteiger partial charge in [0.2, 0.25) is 0 Å². The fraction of sp³-hybridized carbons (Fsp3) is 0.667. The predicted octanol–water partition coefficient (Wildman–Crippen LogP) is 3.05. The van der Waals surface area contributed by atoms with Crippen LogP contribution in [0.2, 0.25) is 0 Å². The summed E-state index contributed by atoms with van der Waals surface area (Å²) in [7, 11) is 2.01. The molecule has 0 aliphatic rings. The molecule has 0 amide bonds. The molecule has 0 aliphatic carbocycles. The third-order valence-corrected chi connectivity index (χ3v) is 4.37. The first kappa shape index (κ1) is 16.8. The fourth-order valence-electron chi connectivity index (χ4n) is 2.40. The van der Waals surface area contributed by atoms with E-state index in [-0.39, 0.29) is 0 Å². The zero-order valence-corrected chi connectivity index (χ0v) is 13.9. The molecule has 0 radical (unpaired) electrons. The van der Waals surface area contributed by atoms with Gasteiger partial charge < -0.3 is 4.90 Å². The maximum absolute atomic E-state index is 9.53. The van der Waals surface area contributed by atoms with Crippen molar-refractivity contribution in [2.24, 2.45) is 0 Å². The Hall–Kier alpha value is -1.28. The molecule has 0 bridgehead atoms. The molecule has 1 aromatic heterocycles. The summed E-state index contributed by atoms with van der Waals surface area (Å²) >= 11 is 1.82. The molecule has 1 unspecified atom stereocenters. The number of aryl methyl sites for hydroxylation is 1. The number of aromatic nitrogens is 2. The minimum absolute atomic E-state index is 0.378. The summed E-state index contributed by atoms with van der Waals surface area (Å²) in [6.07, 6.45) is 4.77. The van der Waals surface area contributed by atoms with Crippen molar-refractivity contribution in [2.45, 2.75) is 46.1 Å². The molecule has 0 saturated heterocycles. The van der Waals surface area contributed by atoms with Crippen LogP contribution in [0, 0.1) is 11.3 Å². The normalized spacial score (nSPS) is 12.0. The monoisotopic (exact) mass is 292 g/mol. The molecule has 5 heteroatoms. The van der Waals surface area contributed by atoms with Crippen LogP contribution in [0.3, 0.4) is 0 Å². The van der Waals surface area contributed by atoms with Crippen LogP contribution in [-0.4, -0.2) is 35.3 Å². The number of hydrogen-bond donors (Lipinski definition) is 0. The summed E-state index contributed by atoms with van der Waals surface area (Å²) in [5.74, 6) is 1.75. The largest absolute Gasteiger partial charge is 0.353 e. The Labute approximate surface area is 126 Å². The van der Waals surface area contributed by atoms with Crippen molar-refractivity contribution in [2.75, 3.05) is 24.0 Å². The van der Waals surface area contributed by atoms with Crippen molar-refractivity contribution in [1.82, 2.24) is 10.2 Å². The quantitative estimate of drug-likeness (QED) is 0.773. The van der Waals surface area contributed by atoms with Crippen LogP contribution in [-0.2, 0) is 12.8 Å². The van der Waals surface area contributed by atoms with Gasteiger partial charge in [-0.25, -0.2) is 0 Å². The number of anilines is 1. The van der Waals surface area contributed by atoms with Crippen LogP contribution >= 0.6 is 11.8 Å². The van der Waals surface area contributed by atoms with Crippen LogP contribution in [0.15, 0.2) is 0 Å². The second kappa shape index (κ2) is 8.11. The van der Waals surface area contributed by atoms with Crippen LogP contribution in [0.5, 0.6) is 0 Å². The van der Waals surface area contributed by atoms with Gasteiger partial charge in [-0.2, -0.15) is 22.1 Å². The first-order chi connectivity index (χ1) is 9.64. The van der Waals surface area contributed by atoms with Crippen molar-refractivity contribution in [3.8, 4) is 6.07 Å². The lowest BCUT2D eigenvalue weighted by molar-refractivity contribution is 0.657. The van der Waals surface area contributed by atoms with Gasteiger partial charge in [0.15, 0.2) is 5.82 Å². The molecule has 1 aromatic rings. The Morgan fingerprint density at radius 1 is 1.25 bits per heavy atom. The Morgan fingerprint density at radius 3 is 2.40 bits per heavy atom. The summed E-state index contributed by atoms with van der Waals surface area (Å²) in [6.45, 7) is 6.29. The summed E-state index contributed by atoms with van der Waals surface area (Å²) in [4.78, 5) is 2.11. The fourth-order valence-corrected chi connectivity index (χ4v) is 3.24. The average molecular weight is 292 g/mol. The Kier molecular flexibility index (Phi) is 6.80. The predicted molar refractivity (Wildman–Crippen MR) is 86.4 cm³/mol. The molecule has 0 N–H and O–H groups in total. The molecule has 110 valence electrons. The van der Waals surface area contributed by atoms with E-state index in [0.717, 1.165) is 42.1 Å². The number of rotatable bonds is 7. The maximum Gasteiger partial charge on any atom is 0.169 e. The molecular formula is C15H24N4S. The molecule has 1 rings (SSSR count). The third kappa shape index (κ3) is 3.43. The van der Waals surface area contributed by atoms with Gasteiger partial charge in [0.25, 0.3) is 0 Å². The van der Waals surface area contributed by atoms with Gasteiger partial charge in [0.1, 0.15) is 11.6 Å².